The van der Waals surface area contributed by atoms with E-state index in [-0.39, 0.29) is 0 Å². The van der Waals surface area contributed by atoms with Crippen LogP contribution in [0.15, 0.2) is 36.5 Å². The molecule has 4 heteroatoms. The molecule has 2 aromatic rings. The minimum Gasteiger partial charge on any atom is -0.385 e. The normalized spacial score (nSPS) is 10.4. The van der Waals surface area contributed by atoms with E-state index in [0.717, 1.165) is 17.4 Å². The summed E-state index contributed by atoms with van der Waals surface area (Å²) >= 11 is 0. The molecule has 0 radical (unpaired) electrons. The molecule has 0 spiro atoms. The van der Waals surface area contributed by atoms with E-state index in [1.165, 1.54) is 12.1 Å². The Kier molecular flexibility index (Phi) is 3.87. The first kappa shape index (κ1) is 12.5. The van der Waals surface area contributed by atoms with Crippen molar-refractivity contribution < 1.29 is 8.78 Å². The quantitative estimate of drug-likeness (QED) is 0.897. The van der Waals surface area contributed by atoms with E-state index in [1.807, 2.05) is 19.1 Å². The van der Waals surface area contributed by atoms with Gasteiger partial charge in [-0.05, 0) is 43.2 Å². The zero-order chi connectivity index (χ0) is 13.0. The molecule has 94 valence electrons. The van der Waals surface area contributed by atoms with Crippen LogP contribution in [0, 0.1) is 18.6 Å². The SMILES string of the molecule is Cc1cc(NCCc2cc(F)cc(F)c2)ccn1. The molecule has 0 saturated carbocycles. The first-order chi connectivity index (χ1) is 8.63. The number of rotatable bonds is 4. The lowest BCUT2D eigenvalue weighted by Gasteiger charge is -2.07. The second-order valence-electron chi connectivity index (χ2n) is 4.14. The number of nitrogens with one attached hydrogen (secondary N) is 1. The average molecular weight is 248 g/mol. The van der Waals surface area contributed by atoms with Gasteiger partial charge in [0.05, 0.1) is 0 Å². The van der Waals surface area contributed by atoms with E-state index in [2.05, 4.69) is 10.3 Å². The van der Waals surface area contributed by atoms with Crippen molar-refractivity contribution in [2.45, 2.75) is 13.3 Å². The van der Waals surface area contributed by atoms with Gasteiger partial charge in [-0.25, -0.2) is 8.78 Å². The van der Waals surface area contributed by atoms with E-state index in [0.29, 0.717) is 18.5 Å². The van der Waals surface area contributed by atoms with Gasteiger partial charge in [-0.3, -0.25) is 4.98 Å². The number of halogens is 2. The van der Waals surface area contributed by atoms with Crippen molar-refractivity contribution in [3.63, 3.8) is 0 Å². The monoisotopic (exact) mass is 248 g/mol. The third kappa shape index (κ3) is 3.52. The maximum atomic E-state index is 13.0. The Balaban J connectivity index is 1.92. The lowest BCUT2D eigenvalue weighted by atomic mass is 10.1. The van der Waals surface area contributed by atoms with Gasteiger partial charge < -0.3 is 5.32 Å². The van der Waals surface area contributed by atoms with E-state index >= 15 is 0 Å². The van der Waals surface area contributed by atoms with Crippen LogP contribution in [0.2, 0.25) is 0 Å². The molecule has 2 nitrogen and oxygen atoms in total. The molecule has 0 saturated heterocycles. The fourth-order valence-electron chi connectivity index (χ4n) is 1.76. The van der Waals surface area contributed by atoms with Crippen molar-refractivity contribution in [1.29, 1.82) is 0 Å². The van der Waals surface area contributed by atoms with Gasteiger partial charge in [0.2, 0.25) is 0 Å². The maximum Gasteiger partial charge on any atom is 0.126 e. The minimum atomic E-state index is -0.537. The highest BCUT2D eigenvalue weighted by Crippen LogP contribution is 2.10. The van der Waals surface area contributed by atoms with Crippen LogP contribution in [0.4, 0.5) is 14.5 Å². The van der Waals surface area contributed by atoms with Gasteiger partial charge in [-0.15, -0.1) is 0 Å². The predicted molar refractivity (Wildman–Crippen MR) is 67.5 cm³/mol. The summed E-state index contributed by atoms with van der Waals surface area (Å²) in [4.78, 5) is 4.09. The zero-order valence-corrected chi connectivity index (χ0v) is 10.1. The van der Waals surface area contributed by atoms with Crippen molar-refractivity contribution in [3.05, 3.63) is 59.4 Å². The lowest BCUT2D eigenvalue weighted by Crippen LogP contribution is -2.05. The molecular weight excluding hydrogens is 234 g/mol. The predicted octanol–water partition coefficient (Wildman–Crippen LogP) is 3.32. The van der Waals surface area contributed by atoms with Crippen molar-refractivity contribution in [2.24, 2.45) is 0 Å². The van der Waals surface area contributed by atoms with Crippen LogP contribution in [0.3, 0.4) is 0 Å². The van der Waals surface area contributed by atoms with Gasteiger partial charge in [0, 0.05) is 30.2 Å². The summed E-state index contributed by atoms with van der Waals surface area (Å²) in [7, 11) is 0. The number of anilines is 1. The van der Waals surface area contributed by atoms with Crippen LogP contribution in [-0.2, 0) is 6.42 Å². The Morgan fingerprint density at radius 2 is 1.83 bits per heavy atom. The van der Waals surface area contributed by atoms with Gasteiger partial charge in [0.15, 0.2) is 0 Å². The van der Waals surface area contributed by atoms with Crippen molar-refractivity contribution in [2.75, 3.05) is 11.9 Å². The van der Waals surface area contributed by atoms with Crippen LogP contribution < -0.4 is 5.32 Å². The van der Waals surface area contributed by atoms with Gasteiger partial charge in [0.25, 0.3) is 0 Å². The van der Waals surface area contributed by atoms with E-state index < -0.39 is 11.6 Å². The second-order valence-corrected chi connectivity index (χ2v) is 4.14. The second kappa shape index (κ2) is 5.58. The number of benzene rings is 1. The van der Waals surface area contributed by atoms with Gasteiger partial charge >= 0.3 is 0 Å². The molecule has 1 N–H and O–H groups in total. The molecule has 0 aliphatic rings. The van der Waals surface area contributed by atoms with E-state index in [4.69, 9.17) is 0 Å². The van der Waals surface area contributed by atoms with E-state index in [1.54, 1.807) is 6.20 Å². The van der Waals surface area contributed by atoms with Crippen LogP contribution in [0.1, 0.15) is 11.3 Å². The first-order valence-corrected chi connectivity index (χ1v) is 5.75. The van der Waals surface area contributed by atoms with Crippen LogP contribution in [0.25, 0.3) is 0 Å². The van der Waals surface area contributed by atoms with Gasteiger partial charge in [-0.1, -0.05) is 0 Å². The molecule has 2 rings (SSSR count). The highest BCUT2D eigenvalue weighted by Gasteiger charge is 2.00. The number of pyridine rings is 1. The van der Waals surface area contributed by atoms with Crippen molar-refractivity contribution in [1.82, 2.24) is 4.98 Å². The molecule has 0 aliphatic heterocycles. The Morgan fingerprint density at radius 1 is 1.11 bits per heavy atom. The van der Waals surface area contributed by atoms with Gasteiger partial charge in [0.1, 0.15) is 11.6 Å². The summed E-state index contributed by atoms with van der Waals surface area (Å²) in [6.07, 6.45) is 2.29. The summed E-state index contributed by atoms with van der Waals surface area (Å²) in [6.45, 7) is 2.53. The molecule has 1 aromatic carbocycles. The number of hydrogen-bond donors (Lipinski definition) is 1. The summed E-state index contributed by atoms with van der Waals surface area (Å²) in [5.74, 6) is -1.07. The molecule has 0 fully saturated rings. The van der Waals surface area contributed by atoms with E-state index in [9.17, 15) is 8.78 Å². The zero-order valence-electron chi connectivity index (χ0n) is 10.1. The van der Waals surface area contributed by atoms with Crippen LogP contribution in [-0.4, -0.2) is 11.5 Å². The summed E-state index contributed by atoms with van der Waals surface area (Å²) in [6, 6.07) is 7.36. The molecule has 1 aromatic heterocycles. The molecular formula is C14H14F2N2. The summed E-state index contributed by atoms with van der Waals surface area (Å²) in [5.41, 5.74) is 2.53. The molecule has 18 heavy (non-hydrogen) atoms. The largest absolute Gasteiger partial charge is 0.385 e. The number of aromatic nitrogens is 1. The third-order valence-electron chi connectivity index (χ3n) is 2.56. The smallest absolute Gasteiger partial charge is 0.126 e. The third-order valence-corrected chi connectivity index (χ3v) is 2.56. The number of hydrogen-bond acceptors (Lipinski definition) is 2. The molecule has 0 bridgehead atoms. The molecule has 0 aliphatic carbocycles. The molecule has 0 atom stereocenters. The fourth-order valence-corrected chi connectivity index (χ4v) is 1.76. The topological polar surface area (TPSA) is 24.9 Å². The minimum absolute atomic E-state index is 0.537. The van der Waals surface area contributed by atoms with Gasteiger partial charge in [-0.2, -0.15) is 0 Å². The fraction of sp³-hybridized carbons (Fsp3) is 0.214. The standard InChI is InChI=1S/C14H14F2N2/c1-10-6-14(3-5-17-10)18-4-2-11-7-12(15)9-13(16)8-11/h3,5-9H,2,4H2,1H3,(H,17,18). The Hall–Kier alpha value is -1.97. The maximum absolute atomic E-state index is 13.0. The van der Waals surface area contributed by atoms with Crippen molar-refractivity contribution >= 4 is 5.69 Å². The highest BCUT2D eigenvalue weighted by molar-refractivity contribution is 5.43. The average Bonchev–Trinajstić information content (AvgIpc) is 2.27. The first-order valence-electron chi connectivity index (χ1n) is 5.75. The summed E-state index contributed by atoms with van der Waals surface area (Å²) in [5, 5.41) is 3.19. The number of aryl methyl sites for hydroxylation is 1. The Labute approximate surface area is 105 Å². The summed E-state index contributed by atoms with van der Waals surface area (Å²) < 4.78 is 25.9. The molecule has 0 unspecified atom stereocenters. The Morgan fingerprint density at radius 3 is 2.50 bits per heavy atom. The van der Waals surface area contributed by atoms with Crippen LogP contribution >= 0.6 is 0 Å². The number of nitrogens with zero attached hydrogens (tertiary/aromatic N) is 1. The Bertz CT molecular complexity index is 521. The lowest BCUT2D eigenvalue weighted by molar-refractivity contribution is 0.580. The van der Waals surface area contributed by atoms with Crippen molar-refractivity contribution in [3.8, 4) is 0 Å². The van der Waals surface area contributed by atoms with Crippen LogP contribution in [0.5, 0.6) is 0 Å². The highest BCUT2D eigenvalue weighted by atomic mass is 19.1. The molecule has 0 amide bonds. The molecule has 1 heterocycles.